The van der Waals surface area contributed by atoms with E-state index < -0.39 is 5.60 Å². The normalized spacial score (nSPS) is 21.6. The molecule has 1 saturated carbocycles. The number of ether oxygens (including phenoxy) is 1. The van der Waals surface area contributed by atoms with Crippen molar-refractivity contribution in [1.82, 2.24) is 0 Å². The summed E-state index contributed by atoms with van der Waals surface area (Å²) < 4.78 is 6.94. The van der Waals surface area contributed by atoms with Crippen molar-refractivity contribution in [3.63, 3.8) is 0 Å². The number of rotatable bonds is 8. The molecule has 0 aromatic heterocycles. The summed E-state index contributed by atoms with van der Waals surface area (Å²) >= 11 is 0. The Morgan fingerprint density at radius 2 is 1.27 bits per heavy atom. The predicted molar refractivity (Wildman–Crippen MR) is 121 cm³/mol. The van der Waals surface area contributed by atoms with Crippen LogP contribution in [0.5, 0.6) is 0 Å². The molecule has 152 valence electrons. The van der Waals surface area contributed by atoms with Crippen molar-refractivity contribution in [3.05, 3.63) is 108 Å². The van der Waals surface area contributed by atoms with Crippen LogP contribution in [0.2, 0.25) is 0 Å². The average Bonchev–Trinajstić information content (AvgIpc) is 3.45. The van der Waals surface area contributed by atoms with E-state index in [1.807, 2.05) is 18.2 Å². The SMILES string of the molecule is CC(COC(c1ccccc1)(c1ccccc1)c1ccccc1)C1C(C)C1CC#N. The molecule has 2 heteroatoms. The number of hydrogen-bond donors (Lipinski definition) is 0. The minimum absolute atomic E-state index is 0.397. The van der Waals surface area contributed by atoms with Gasteiger partial charge < -0.3 is 4.74 Å². The van der Waals surface area contributed by atoms with Crippen molar-refractivity contribution in [2.24, 2.45) is 23.7 Å². The maximum Gasteiger partial charge on any atom is 0.143 e. The molecule has 0 N–H and O–H groups in total. The van der Waals surface area contributed by atoms with E-state index in [1.165, 1.54) is 0 Å². The van der Waals surface area contributed by atoms with Gasteiger partial charge in [-0.2, -0.15) is 5.26 Å². The Balaban J connectivity index is 1.73. The lowest BCUT2D eigenvalue weighted by Gasteiger charge is -2.37. The van der Waals surface area contributed by atoms with Gasteiger partial charge in [0.15, 0.2) is 0 Å². The highest BCUT2D eigenvalue weighted by atomic mass is 16.5. The van der Waals surface area contributed by atoms with Crippen LogP contribution in [-0.4, -0.2) is 6.61 Å². The summed E-state index contributed by atoms with van der Waals surface area (Å²) in [6, 6.07) is 33.9. The largest absolute Gasteiger partial charge is 0.361 e. The van der Waals surface area contributed by atoms with Gasteiger partial charge in [0.05, 0.1) is 12.7 Å². The van der Waals surface area contributed by atoms with E-state index >= 15 is 0 Å². The Bertz CT molecular complexity index is 881. The van der Waals surface area contributed by atoms with Crippen LogP contribution in [0.4, 0.5) is 0 Å². The molecular formula is C28H29NO. The zero-order valence-corrected chi connectivity index (χ0v) is 17.7. The first-order valence-electron chi connectivity index (χ1n) is 10.9. The summed E-state index contributed by atoms with van der Waals surface area (Å²) in [7, 11) is 0. The highest BCUT2D eigenvalue weighted by molar-refractivity contribution is 5.47. The highest BCUT2D eigenvalue weighted by Crippen LogP contribution is 2.53. The van der Waals surface area contributed by atoms with Gasteiger partial charge >= 0.3 is 0 Å². The van der Waals surface area contributed by atoms with Gasteiger partial charge in [0.25, 0.3) is 0 Å². The van der Waals surface area contributed by atoms with Gasteiger partial charge in [0, 0.05) is 6.42 Å². The van der Waals surface area contributed by atoms with Crippen LogP contribution in [0, 0.1) is 35.0 Å². The van der Waals surface area contributed by atoms with E-state index in [1.54, 1.807) is 0 Å². The Hall–Kier alpha value is -2.89. The third kappa shape index (κ3) is 3.78. The monoisotopic (exact) mass is 395 g/mol. The van der Waals surface area contributed by atoms with Crippen LogP contribution in [0.3, 0.4) is 0 Å². The van der Waals surface area contributed by atoms with Crippen LogP contribution < -0.4 is 0 Å². The molecule has 0 amide bonds. The molecule has 0 radical (unpaired) electrons. The molecular weight excluding hydrogens is 366 g/mol. The first kappa shape index (κ1) is 20.4. The van der Waals surface area contributed by atoms with Crippen molar-refractivity contribution < 1.29 is 4.74 Å². The van der Waals surface area contributed by atoms with Crippen LogP contribution in [0.1, 0.15) is 37.0 Å². The average molecular weight is 396 g/mol. The molecule has 1 aliphatic carbocycles. The summed E-state index contributed by atoms with van der Waals surface area (Å²) in [5, 5.41) is 9.12. The molecule has 3 aromatic carbocycles. The molecule has 0 saturated heterocycles. The van der Waals surface area contributed by atoms with Gasteiger partial charge in [-0.25, -0.2) is 0 Å². The van der Waals surface area contributed by atoms with Gasteiger partial charge in [0.2, 0.25) is 0 Å². The van der Waals surface area contributed by atoms with E-state index in [0.29, 0.717) is 36.7 Å². The third-order valence-corrected chi connectivity index (χ3v) is 6.72. The summed E-state index contributed by atoms with van der Waals surface area (Å²) in [5.74, 6) is 2.06. The summed E-state index contributed by atoms with van der Waals surface area (Å²) in [4.78, 5) is 0. The van der Waals surface area contributed by atoms with Crippen molar-refractivity contribution >= 4 is 0 Å². The van der Waals surface area contributed by atoms with Crippen molar-refractivity contribution in [1.29, 1.82) is 5.26 Å². The van der Waals surface area contributed by atoms with E-state index in [4.69, 9.17) is 10.00 Å². The Morgan fingerprint density at radius 3 is 1.67 bits per heavy atom. The summed E-state index contributed by atoms with van der Waals surface area (Å²) in [6.07, 6.45) is 0.650. The number of hydrogen-bond acceptors (Lipinski definition) is 2. The van der Waals surface area contributed by atoms with Gasteiger partial charge in [-0.1, -0.05) is 105 Å². The zero-order chi connectivity index (χ0) is 21.0. The van der Waals surface area contributed by atoms with E-state index in [0.717, 1.165) is 16.7 Å². The van der Waals surface area contributed by atoms with Gasteiger partial charge in [-0.05, 0) is 40.4 Å². The van der Waals surface area contributed by atoms with Crippen LogP contribution in [0.25, 0.3) is 0 Å². The lowest BCUT2D eigenvalue weighted by molar-refractivity contribution is -0.0103. The van der Waals surface area contributed by atoms with Crippen molar-refractivity contribution in [3.8, 4) is 6.07 Å². The molecule has 0 heterocycles. The van der Waals surface area contributed by atoms with Crippen LogP contribution in [0.15, 0.2) is 91.0 Å². The molecule has 4 unspecified atom stereocenters. The maximum atomic E-state index is 9.12. The van der Waals surface area contributed by atoms with Gasteiger partial charge in [-0.15, -0.1) is 0 Å². The minimum atomic E-state index is -0.666. The van der Waals surface area contributed by atoms with E-state index in [9.17, 15) is 0 Å². The highest BCUT2D eigenvalue weighted by Gasteiger charge is 2.49. The Labute approximate surface area is 180 Å². The molecule has 0 bridgehead atoms. The molecule has 4 atom stereocenters. The minimum Gasteiger partial charge on any atom is -0.361 e. The fourth-order valence-corrected chi connectivity index (χ4v) is 5.08. The van der Waals surface area contributed by atoms with Gasteiger partial charge in [0.1, 0.15) is 5.60 Å². The fraction of sp³-hybridized carbons (Fsp3) is 0.321. The van der Waals surface area contributed by atoms with Crippen molar-refractivity contribution in [2.75, 3.05) is 6.61 Å². The second-order valence-corrected chi connectivity index (χ2v) is 8.53. The second-order valence-electron chi connectivity index (χ2n) is 8.53. The molecule has 0 spiro atoms. The number of nitrogens with zero attached hydrogens (tertiary/aromatic N) is 1. The van der Waals surface area contributed by atoms with Crippen molar-refractivity contribution in [2.45, 2.75) is 25.9 Å². The summed E-state index contributed by atoms with van der Waals surface area (Å²) in [5.41, 5.74) is 2.73. The lowest BCUT2D eigenvalue weighted by atomic mass is 9.80. The van der Waals surface area contributed by atoms with Crippen LogP contribution in [-0.2, 0) is 10.3 Å². The molecule has 30 heavy (non-hydrogen) atoms. The number of benzene rings is 3. The molecule has 4 rings (SSSR count). The van der Waals surface area contributed by atoms with E-state index in [2.05, 4.69) is 92.7 Å². The quantitative estimate of drug-likeness (QED) is 0.412. The van der Waals surface area contributed by atoms with E-state index in [-0.39, 0.29) is 0 Å². The molecule has 2 nitrogen and oxygen atoms in total. The third-order valence-electron chi connectivity index (χ3n) is 6.72. The Kier molecular flexibility index (Phi) is 6.02. The molecule has 0 aliphatic heterocycles. The molecule has 3 aromatic rings. The fourth-order valence-electron chi connectivity index (χ4n) is 5.08. The first-order chi connectivity index (χ1) is 14.7. The lowest BCUT2D eigenvalue weighted by Crippen LogP contribution is -2.34. The molecule has 1 fully saturated rings. The van der Waals surface area contributed by atoms with Crippen LogP contribution >= 0.6 is 0 Å². The standard InChI is InChI=1S/C28H29NO/c1-21(27-22(2)26(27)18-19-29)20-30-28(23-12-6-3-7-13-23,24-14-8-4-9-15-24)25-16-10-5-11-17-25/h3-17,21-22,26-27H,18,20H2,1-2H3. The second kappa shape index (κ2) is 8.86. The Morgan fingerprint density at radius 1 is 0.833 bits per heavy atom. The first-order valence-corrected chi connectivity index (χ1v) is 10.9. The zero-order valence-electron chi connectivity index (χ0n) is 17.7. The molecule has 1 aliphatic rings. The topological polar surface area (TPSA) is 33.0 Å². The maximum absolute atomic E-state index is 9.12. The van der Waals surface area contributed by atoms with Gasteiger partial charge in [-0.3, -0.25) is 0 Å². The number of nitriles is 1. The predicted octanol–water partition coefficient (Wildman–Crippen LogP) is 6.43. The summed E-state index contributed by atoms with van der Waals surface area (Å²) in [6.45, 7) is 5.18. The smallest absolute Gasteiger partial charge is 0.143 e.